The number of ether oxygens (including phenoxy) is 2. The summed E-state index contributed by atoms with van der Waals surface area (Å²) in [5, 5.41) is 5.92. The molecule has 0 radical (unpaired) electrons. The van der Waals surface area contributed by atoms with Crippen LogP contribution in [0.4, 0.5) is 16.2 Å². The second kappa shape index (κ2) is 12.9. The van der Waals surface area contributed by atoms with Crippen LogP contribution in [-0.2, 0) is 0 Å². The maximum atomic E-state index is 12.6. The van der Waals surface area contributed by atoms with Gasteiger partial charge < -0.3 is 29.4 Å². The molecule has 1 aromatic heterocycles. The molecule has 2 amide bonds. The van der Waals surface area contributed by atoms with Gasteiger partial charge in [0.05, 0.1) is 26.0 Å². The van der Waals surface area contributed by atoms with Crippen molar-refractivity contribution < 1.29 is 18.7 Å². The minimum Gasteiger partial charge on any atom is -0.497 e. The molecule has 1 aliphatic rings. The van der Waals surface area contributed by atoms with Crippen LogP contribution >= 0.6 is 0 Å². The van der Waals surface area contributed by atoms with E-state index in [1.54, 1.807) is 13.4 Å². The molecule has 36 heavy (non-hydrogen) atoms. The van der Waals surface area contributed by atoms with Gasteiger partial charge in [-0.2, -0.15) is 0 Å². The number of nitrogens with zero attached hydrogens (tertiary/aromatic N) is 2. The third kappa shape index (κ3) is 6.95. The van der Waals surface area contributed by atoms with E-state index in [1.807, 2.05) is 48.5 Å². The SMILES string of the molecule is CCCCOc1ccc(NC(=O)NCC(c2ccco2)N2CCN(c3ccc(OC)cc3)CC2)cc1. The second-order valence-corrected chi connectivity index (χ2v) is 8.81. The molecule has 1 atom stereocenters. The zero-order valence-corrected chi connectivity index (χ0v) is 21.1. The first-order valence-corrected chi connectivity index (χ1v) is 12.6. The summed E-state index contributed by atoms with van der Waals surface area (Å²) in [6.45, 7) is 6.78. The maximum absolute atomic E-state index is 12.6. The number of nitrogens with one attached hydrogen (secondary N) is 2. The number of hydrogen-bond acceptors (Lipinski definition) is 6. The number of rotatable bonds is 11. The van der Waals surface area contributed by atoms with Crippen molar-refractivity contribution >= 4 is 17.4 Å². The van der Waals surface area contributed by atoms with Crippen molar-refractivity contribution in [3.63, 3.8) is 0 Å². The predicted octanol–water partition coefficient (Wildman–Crippen LogP) is 5.15. The van der Waals surface area contributed by atoms with E-state index in [1.165, 1.54) is 5.69 Å². The lowest BCUT2D eigenvalue weighted by molar-refractivity contribution is 0.162. The number of hydrogen-bond donors (Lipinski definition) is 2. The van der Waals surface area contributed by atoms with Crippen molar-refractivity contribution in [1.82, 2.24) is 10.2 Å². The van der Waals surface area contributed by atoms with Gasteiger partial charge in [0.15, 0.2) is 0 Å². The van der Waals surface area contributed by atoms with Gasteiger partial charge in [-0.1, -0.05) is 13.3 Å². The number of carbonyl (C=O) groups is 1. The summed E-state index contributed by atoms with van der Waals surface area (Å²) in [7, 11) is 1.68. The molecule has 8 heteroatoms. The monoisotopic (exact) mass is 492 g/mol. The molecule has 4 rings (SSSR count). The van der Waals surface area contributed by atoms with Crippen LogP contribution in [0.15, 0.2) is 71.3 Å². The Hall–Kier alpha value is -3.65. The Morgan fingerprint density at radius 3 is 2.36 bits per heavy atom. The molecule has 3 aromatic rings. The molecule has 0 saturated carbocycles. The van der Waals surface area contributed by atoms with E-state index >= 15 is 0 Å². The largest absolute Gasteiger partial charge is 0.497 e. The average molecular weight is 493 g/mol. The highest BCUT2D eigenvalue weighted by atomic mass is 16.5. The van der Waals surface area contributed by atoms with Crippen LogP contribution in [0.3, 0.4) is 0 Å². The van der Waals surface area contributed by atoms with E-state index in [-0.39, 0.29) is 12.1 Å². The standard InChI is InChI=1S/C28H36N4O4/c1-3-4-19-35-25-11-7-22(8-12-25)30-28(33)29-21-26(27-6-5-20-36-27)32-17-15-31(16-18-32)23-9-13-24(34-2)14-10-23/h5-14,20,26H,3-4,15-19,21H2,1-2H3,(H2,29,30,33). The smallest absolute Gasteiger partial charge is 0.319 e. The Labute approximate surface area is 213 Å². The normalized spacial score (nSPS) is 14.8. The molecule has 192 valence electrons. The predicted molar refractivity (Wildman–Crippen MR) is 142 cm³/mol. The van der Waals surface area contributed by atoms with Crippen LogP contribution in [0.25, 0.3) is 0 Å². The summed E-state index contributed by atoms with van der Waals surface area (Å²) in [4.78, 5) is 17.4. The van der Waals surface area contributed by atoms with Crippen LogP contribution in [0.5, 0.6) is 11.5 Å². The van der Waals surface area contributed by atoms with Crippen LogP contribution in [0.2, 0.25) is 0 Å². The third-order valence-corrected chi connectivity index (χ3v) is 6.40. The van der Waals surface area contributed by atoms with Crippen molar-refractivity contribution in [2.75, 3.05) is 56.7 Å². The summed E-state index contributed by atoms with van der Waals surface area (Å²) in [5.74, 6) is 2.51. The van der Waals surface area contributed by atoms with Crippen molar-refractivity contribution in [2.45, 2.75) is 25.8 Å². The summed E-state index contributed by atoms with van der Waals surface area (Å²) in [6.07, 6.45) is 3.80. The Balaban J connectivity index is 1.29. The fraction of sp³-hybridized carbons (Fsp3) is 0.393. The lowest BCUT2D eigenvalue weighted by atomic mass is 10.1. The minimum atomic E-state index is -0.247. The van der Waals surface area contributed by atoms with Crippen LogP contribution < -0.4 is 25.0 Å². The van der Waals surface area contributed by atoms with Gasteiger partial charge in [-0.25, -0.2) is 4.79 Å². The van der Waals surface area contributed by atoms with E-state index in [0.29, 0.717) is 13.2 Å². The van der Waals surface area contributed by atoms with Crippen molar-refractivity contribution in [2.24, 2.45) is 0 Å². The highest BCUT2D eigenvalue weighted by Gasteiger charge is 2.27. The van der Waals surface area contributed by atoms with Crippen molar-refractivity contribution in [3.8, 4) is 11.5 Å². The number of unbranched alkanes of at least 4 members (excludes halogenated alkanes) is 1. The molecule has 2 heterocycles. The summed E-state index contributed by atoms with van der Waals surface area (Å²) in [5.41, 5.74) is 1.90. The summed E-state index contributed by atoms with van der Waals surface area (Å²) >= 11 is 0. The number of anilines is 2. The number of carbonyl (C=O) groups excluding carboxylic acids is 1. The van der Waals surface area contributed by atoms with Gasteiger partial charge in [0, 0.05) is 44.1 Å². The van der Waals surface area contributed by atoms with Gasteiger partial charge in [-0.05, 0) is 67.1 Å². The minimum absolute atomic E-state index is 0.0434. The molecule has 0 bridgehead atoms. The molecule has 2 aromatic carbocycles. The van der Waals surface area contributed by atoms with Crippen molar-refractivity contribution in [3.05, 3.63) is 72.7 Å². The summed E-state index contributed by atoms with van der Waals surface area (Å²) < 4.78 is 16.7. The lowest BCUT2D eigenvalue weighted by Crippen LogP contribution is -2.50. The number of urea groups is 1. The van der Waals surface area contributed by atoms with Crippen molar-refractivity contribution in [1.29, 1.82) is 0 Å². The Morgan fingerprint density at radius 2 is 1.72 bits per heavy atom. The maximum Gasteiger partial charge on any atom is 0.319 e. The highest BCUT2D eigenvalue weighted by Crippen LogP contribution is 2.25. The van der Waals surface area contributed by atoms with Gasteiger partial charge in [0.2, 0.25) is 0 Å². The number of benzene rings is 2. The lowest BCUT2D eigenvalue weighted by Gasteiger charge is -2.39. The number of amides is 2. The third-order valence-electron chi connectivity index (χ3n) is 6.40. The fourth-order valence-corrected chi connectivity index (χ4v) is 4.31. The zero-order valence-electron chi connectivity index (χ0n) is 21.1. The fourth-order valence-electron chi connectivity index (χ4n) is 4.31. The topological polar surface area (TPSA) is 79.2 Å². The number of methoxy groups -OCH3 is 1. The van der Waals surface area contributed by atoms with Gasteiger partial charge in [-0.15, -0.1) is 0 Å². The molecule has 8 nitrogen and oxygen atoms in total. The highest BCUT2D eigenvalue weighted by molar-refractivity contribution is 5.89. The Morgan fingerprint density at radius 1 is 1.00 bits per heavy atom. The average Bonchev–Trinajstić information content (AvgIpc) is 3.45. The molecule has 1 aliphatic heterocycles. The van der Waals surface area contributed by atoms with Crippen LogP contribution in [0.1, 0.15) is 31.6 Å². The molecule has 2 N–H and O–H groups in total. The number of furan rings is 1. The van der Waals surface area contributed by atoms with E-state index in [0.717, 1.165) is 62.0 Å². The van der Waals surface area contributed by atoms with E-state index in [2.05, 4.69) is 39.5 Å². The van der Waals surface area contributed by atoms with Crippen LogP contribution in [0, 0.1) is 0 Å². The van der Waals surface area contributed by atoms with E-state index < -0.39 is 0 Å². The van der Waals surface area contributed by atoms with Gasteiger partial charge in [0.1, 0.15) is 17.3 Å². The number of piperazine rings is 1. The van der Waals surface area contributed by atoms with E-state index in [4.69, 9.17) is 13.9 Å². The first-order chi connectivity index (χ1) is 17.7. The quantitative estimate of drug-likeness (QED) is 0.360. The molecule has 1 saturated heterocycles. The summed E-state index contributed by atoms with van der Waals surface area (Å²) in [6, 6.07) is 19.2. The Kier molecular flexibility index (Phi) is 9.10. The molecule has 0 aliphatic carbocycles. The van der Waals surface area contributed by atoms with Gasteiger partial charge in [-0.3, -0.25) is 4.90 Å². The van der Waals surface area contributed by atoms with Gasteiger partial charge >= 0.3 is 6.03 Å². The molecule has 1 unspecified atom stereocenters. The molecule has 1 fully saturated rings. The zero-order chi connectivity index (χ0) is 25.2. The Bertz CT molecular complexity index is 1050. The van der Waals surface area contributed by atoms with E-state index in [9.17, 15) is 4.79 Å². The molecule has 0 spiro atoms. The molecular weight excluding hydrogens is 456 g/mol. The molecular formula is C28H36N4O4. The van der Waals surface area contributed by atoms with Gasteiger partial charge in [0.25, 0.3) is 0 Å². The van der Waals surface area contributed by atoms with Crippen LogP contribution in [-0.4, -0.2) is 57.4 Å². The second-order valence-electron chi connectivity index (χ2n) is 8.81. The first-order valence-electron chi connectivity index (χ1n) is 12.6. The first kappa shape index (κ1) is 25.4.